The van der Waals surface area contributed by atoms with Crippen molar-refractivity contribution in [2.75, 3.05) is 13.2 Å². The fourth-order valence-corrected chi connectivity index (χ4v) is 2.38. The highest BCUT2D eigenvalue weighted by atomic mass is 19.4. The van der Waals surface area contributed by atoms with Crippen molar-refractivity contribution in [1.29, 1.82) is 0 Å². The van der Waals surface area contributed by atoms with Crippen LogP contribution in [0.4, 0.5) is 26.3 Å². The molecule has 0 aliphatic rings. The van der Waals surface area contributed by atoms with Crippen molar-refractivity contribution < 1.29 is 35.8 Å². The van der Waals surface area contributed by atoms with Gasteiger partial charge in [-0.05, 0) is 12.1 Å². The van der Waals surface area contributed by atoms with Crippen LogP contribution in [0.15, 0.2) is 41.5 Å². The Morgan fingerprint density at radius 1 is 1.17 bits per heavy atom. The zero-order valence-electron chi connectivity index (χ0n) is 14.8. The quantitative estimate of drug-likeness (QED) is 0.577. The number of halogens is 6. The van der Waals surface area contributed by atoms with Crippen molar-refractivity contribution in [1.82, 2.24) is 19.7 Å². The van der Waals surface area contributed by atoms with E-state index in [1.807, 2.05) is 0 Å². The molecule has 0 aliphatic heterocycles. The van der Waals surface area contributed by atoms with Gasteiger partial charge in [-0.15, -0.1) is 0 Å². The van der Waals surface area contributed by atoms with Gasteiger partial charge in [-0.3, -0.25) is 9.89 Å². The summed E-state index contributed by atoms with van der Waals surface area (Å²) in [5.41, 5.74) is -0.607. The standard InChI is InChI=1S/C17H12F6N4O3/c18-11-3-10(1-2-13(11)30-8-17(21,22)23)27-15(28)4-12(9-5-24-25-6-9)26-16(27)29-7-14(19)20/h1-6,14H,7-8H2,(H,24,25). The number of nitrogens with zero attached hydrogens (tertiary/aromatic N) is 3. The minimum Gasteiger partial charge on any atom is -0.481 e. The van der Waals surface area contributed by atoms with Crippen LogP contribution in [0, 0.1) is 5.82 Å². The second-order valence-corrected chi connectivity index (χ2v) is 5.81. The van der Waals surface area contributed by atoms with Gasteiger partial charge in [-0.1, -0.05) is 0 Å². The molecule has 0 aliphatic carbocycles. The van der Waals surface area contributed by atoms with E-state index < -0.39 is 49.0 Å². The molecule has 0 amide bonds. The molecule has 0 saturated carbocycles. The van der Waals surface area contributed by atoms with Gasteiger partial charge in [0.2, 0.25) is 0 Å². The molecule has 2 aromatic heterocycles. The highest BCUT2D eigenvalue weighted by Crippen LogP contribution is 2.25. The number of alkyl halides is 5. The molecule has 0 fully saturated rings. The van der Waals surface area contributed by atoms with Crippen molar-refractivity contribution in [3.05, 3.63) is 52.8 Å². The van der Waals surface area contributed by atoms with Crippen molar-refractivity contribution in [3.63, 3.8) is 0 Å². The summed E-state index contributed by atoms with van der Waals surface area (Å²) in [5.74, 6) is -1.91. The molecule has 30 heavy (non-hydrogen) atoms. The monoisotopic (exact) mass is 434 g/mol. The number of aromatic amines is 1. The Hall–Kier alpha value is -3.51. The van der Waals surface area contributed by atoms with E-state index in [2.05, 4.69) is 19.9 Å². The predicted molar refractivity (Wildman–Crippen MR) is 90.4 cm³/mol. The fraction of sp³-hybridized carbons (Fsp3) is 0.235. The molecule has 0 radical (unpaired) electrons. The summed E-state index contributed by atoms with van der Waals surface area (Å²) in [6, 6.07) is 3.09. The third kappa shape index (κ3) is 5.10. The Morgan fingerprint density at radius 3 is 2.53 bits per heavy atom. The number of hydrogen-bond acceptors (Lipinski definition) is 5. The second kappa shape index (κ2) is 8.47. The number of H-pyrrole nitrogens is 1. The average molecular weight is 434 g/mol. The first-order valence-corrected chi connectivity index (χ1v) is 8.18. The smallest absolute Gasteiger partial charge is 0.422 e. The van der Waals surface area contributed by atoms with Crippen LogP contribution in [0.3, 0.4) is 0 Å². The first-order chi connectivity index (χ1) is 14.1. The van der Waals surface area contributed by atoms with E-state index in [0.29, 0.717) is 16.2 Å². The van der Waals surface area contributed by atoms with Crippen LogP contribution in [0.2, 0.25) is 0 Å². The number of rotatable bonds is 7. The maximum Gasteiger partial charge on any atom is 0.422 e. The minimum atomic E-state index is -4.68. The molecule has 13 heteroatoms. The molecule has 2 heterocycles. The summed E-state index contributed by atoms with van der Waals surface area (Å²) >= 11 is 0. The molecule has 3 aromatic rings. The molecule has 0 atom stereocenters. The number of ether oxygens (including phenoxy) is 2. The van der Waals surface area contributed by atoms with E-state index >= 15 is 0 Å². The van der Waals surface area contributed by atoms with Crippen molar-refractivity contribution in [2.45, 2.75) is 12.6 Å². The van der Waals surface area contributed by atoms with Crippen LogP contribution in [0.25, 0.3) is 16.9 Å². The summed E-state index contributed by atoms with van der Waals surface area (Å²) < 4.78 is 86.1. The highest BCUT2D eigenvalue weighted by molar-refractivity contribution is 5.57. The number of aromatic nitrogens is 4. The van der Waals surface area contributed by atoms with Gasteiger partial charge in [0.05, 0.1) is 17.6 Å². The molecule has 0 spiro atoms. The summed E-state index contributed by atoms with van der Waals surface area (Å²) in [6.07, 6.45) is -4.83. The first kappa shape index (κ1) is 21.2. The van der Waals surface area contributed by atoms with Gasteiger partial charge in [-0.2, -0.15) is 23.3 Å². The maximum atomic E-state index is 14.2. The lowest BCUT2D eigenvalue weighted by atomic mass is 10.2. The van der Waals surface area contributed by atoms with Gasteiger partial charge in [0.1, 0.15) is 0 Å². The molecule has 3 rings (SSSR count). The summed E-state index contributed by atoms with van der Waals surface area (Å²) in [5, 5.41) is 6.19. The molecule has 0 bridgehead atoms. The Labute approximate surface area is 163 Å². The van der Waals surface area contributed by atoms with E-state index in [-0.39, 0.29) is 11.4 Å². The minimum absolute atomic E-state index is 0.0554. The van der Waals surface area contributed by atoms with Crippen LogP contribution in [-0.2, 0) is 0 Å². The Morgan fingerprint density at radius 2 is 1.93 bits per heavy atom. The van der Waals surface area contributed by atoms with E-state index in [0.717, 1.165) is 18.2 Å². The lowest BCUT2D eigenvalue weighted by Gasteiger charge is -2.15. The van der Waals surface area contributed by atoms with Crippen LogP contribution in [-0.4, -0.2) is 45.6 Å². The number of hydrogen-bond donors (Lipinski definition) is 1. The van der Waals surface area contributed by atoms with Gasteiger partial charge < -0.3 is 9.47 Å². The fourth-order valence-electron chi connectivity index (χ4n) is 2.38. The normalized spacial score (nSPS) is 11.7. The number of benzene rings is 1. The van der Waals surface area contributed by atoms with Crippen molar-refractivity contribution in [3.8, 4) is 28.7 Å². The molecule has 160 valence electrons. The molecule has 0 saturated heterocycles. The van der Waals surface area contributed by atoms with E-state index in [1.54, 1.807) is 0 Å². The van der Waals surface area contributed by atoms with Crippen molar-refractivity contribution in [2.24, 2.45) is 0 Å². The molecule has 1 aromatic carbocycles. The zero-order valence-corrected chi connectivity index (χ0v) is 14.8. The van der Waals surface area contributed by atoms with Crippen LogP contribution in [0.5, 0.6) is 11.8 Å². The van der Waals surface area contributed by atoms with E-state index in [1.165, 1.54) is 12.4 Å². The SMILES string of the molecule is O=c1cc(-c2cn[nH]c2)nc(OCC(F)F)n1-c1ccc(OCC(F)(F)F)c(F)c1. The topological polar surface area (TPSA) is 82.0 Å². The first-order valence-electron chi connectivity index (χ1n) is 8.18. The van der Waals surface area contributed by atoms with Crippen LogP contribution < -0.4 is 15.0 Å². The Kier molecular flexibility index (Phi) is 5.99. The molecule has 1 N–H and O–H groups in total. The highest BCUT2D eigenvalue weighted by Gasteiger charge is 2.29. The predicted octanol–water partition coefficient (Wildman–Crippen LogP) is 3.35. The lowest BCUT2D eigenvalue weighted by molar-refractivity contribution is -0.153. The van der Waals surface area contributed by atoms with Gasteiger partial charge >= 0.3 is 12.2 Å². The summed E-state index contributed by atoms with van der Waals surface area (Å²) in [7, 11) is 0. The Bertz CT molecular complexity index is 1070. The lowest BCUT2D eigenvalue weighted by Crippen LogP contribution is -2.23. The van der Waals surface area contributed by atoms with Gasteiger partial charge in [0.25, 0.3) is 12.0 Å². The third-order valence-corrected chi connectivity index (χ3v) is 3.59. The molecule has 7 nitrogen and oxygen atoms in total. The summed E-state index contributed by atoms with van der Waals surface area (Å²) in [4.78, 5) is 16.6. The van der Waals surface area contributed by atoms with Crippen LogP contribution in [0.1, 0.15) is 0 Å². The number of nitrogens with one attached hydrogen (secondary N) is 1. The van der Waals surface area contributed by atoms with Crippen LogP contribution >= 0.6 is 0 Å². The van der Waals surface area contributed by atoms with Crippen molar-refractivity contribution >= 4 is 0 Å². The van der Waals surface area contributed by atoms with E-state index in [4.69, 9.17) is 4.74 Å². The summed E-state index contributed by atoms with van der Waals surface area (Å²) in [6.45, 7) is -2.82. The third-order valence-electron chi connectivity index (χ3n) is 3.59. The van der Waals surface area contributed by atoms with E-state index in [9.17, 15) is 31.1 Å². The van der Waals surface area contributed by atoms with Gasteiger partial charge in [-0.25, -0.2) is 17.7 Å². The molecular formula is C17H12F6N4O3. The second-order valence-electron chi connectivity index (χ2n) is 5.81. The van der Waals surface area contributed by atoms with Gasteiger partial charge in [0, 0.05) is 23.9 Å². The van der Waals surface area contributed by atoms with Gasteiger partial charge in [0.15, 0.2) is 24.8 Å². The molecule has 0 unspecified atom stereocenters. The zero-order chi connectivity index (χ0) is 21.9. The average Bonchev–Trinajstić information content (AvgIpc) is 3.19. The molecular weight excluding hydrogens is 422 g/mol. The maximum absolute atomic E-state index is 14.2. The largest absolute Gasteiger partial charge is 0.481 e. The Balaban J connectivity index is 2.01.